The predicted molar refractivity (Wildman–Crippen MR) is 88.2 cm³/mol. The first-order chi connectivity index (χ1) is 10.3. The summed E-state index contributed by atoms with van der Waals surface area (Å²) in [6, 6.07) is 1.25. The summed E-state index contributed by atoms with van der Waals surface area (Å²) in [6.07, 6.45) is 10.4. The molecule has 21 heavy (non-hydrogen) atoms. The molecule has 0 aliphatic heterocycles. The van der Waals surface area contributed by atoms with Crippen LogP contribution in [0.5, 0.6) is 0 Å². The standard InChI is InChI=1S/C16H22N4S/c1-17-10-5-7-11(8-6-10)20-15-14-12-3-2-4-13(12)21-16(14)19-9-18-15/h9-11,17H,2-8H2,1H3,(H,18,19,20)/t10-,11-. The molecular weight excluding hydrogens is 280 g/mol. The second kappa shape index (κ2) is 5.54. The number of aryl methyl sites for hydroxylation is 2. The molecule has 0 amide bonds. The average molecular weight is 302 g/mol. The van der Waals surface area contributed by atoms with Gasteiger partial charge in [0, 0.05) is 17.0 Å². The van der Waals surface area contributed by atoms with Crippen LogP contribution < -0.4 is 10.6 Å². The number of nitrogens with zero attached hydrogens (tertiary/aromatic N) is 2. The van der Waals surface area contributed by atoms with Gasteiger partial charge in [0.25, 0.3) is 0 Å². The zero-order valence-corrected chi connectivity index (χ0v) is 13.3. The Morgan fingerprint density at radius 3 is 2.71 bits per heavy atom. The molecule has 2 aliphatic carbocycles. The predicted octanol–water partition coefficient (Wildman–Crippen LogP) is 3.12. The molecule has 2 N–H and O–H groups in total. The van der Waals surface area contributed by atoms with Crippen LogP contribution in [0.4, 0.5) is 5.82 Å². The highest BCUT2D eigenvalue weighted by Gasteiger charge is 2.24. The summed E-state index contributed by atoms with van der Waals surface area (Å²) in [4.78, 5) is 11.7. The van der Waals surface area contributed by atoms with Crippen LogP contribution in [0.15, 0.2) is 6.33 Å². The minimum atomic E-state index is 0.560. The Morgan fingerprint density at radius 1 is 1.10 bits per heavy atom. The van der Waals surface area contributed by atoms with Crippen LogP contribution in [0.1, 0.15) is 42.5 Å². The summed E-state index contributed by atoms with van der Waals surface area (Å²) in [5, 5.41) is 8.42. The van der Waals surface area contributed by atoms with Crippen LogP contribution in [-0.4, -0.2) is 29.1 Å². The molecule has 0 saturated heterocycles. The van der Waals surface area contributed by atoms with E-state index >= 15 is 0 Å². The molecule has 2 aliphatic rings. The fourth-order valence-electron chi connectivity index (χ4n) is 3.76. The van der Waals surface area contributed by atoms with Gasteiger partial charge in [-0.2, -0.15) is 0 Å². The molecule has 0 aromatic carbocycles. The van der Waals surface area contributed by atoms with Crippen molar-refractivity contribution < 1.29 is 0 Å². The van der Waals surface area contributed by atoms with E-state index in [0.717, 1.165) is 5.82 Å². The van der Waals surface area contributed by atoms with E-state index in [1.54, 1.807) is 6.33 Å². The highest BCUT2D eigenvalue weighted by atomic mass is 32.1. The zero-order chi connectivity index (χ0) is 14.2. The molecule has 0 spiro atoms. The smallest absolute Gasteiger partial charge is 0.138 e. The van der Waals surface area contributed by atoms with Gasteiger partial charge in [0.1, 0.15) is 17.0 Å². The number of hydrogen-bond acceptors (Lipinski definition) is 5. The van der Waals surface area contributed by atoms with Crippen LogP contribution in [0.3, 0.4) is 0 Å². The number of anilines is 1. The van der Waals surface area contributed by atoms with Crippen molar-refractivity contribution in [1.29, 1.82) is 0 Å². The van der Waals surface area contributed by atoms with E-state index in [1.165, 1.54) is 65.6 Å². The molecular formula is C16H22N4S. The first kappa shape index (κ1) is 13.5. The molecule has 2 aromatic rings. The average Bonchev–Trinajstić information content (AvgIpc) is 3.09. The van der Waals surface area contributed by atoms with Gasteiger partial charge >= 0.3 is 0 Å². The molecule has 4 nitrogen and oxygen atoms in total. The lowest BCUT2D eigenvalue weighted by atomic mass is 9.91. The highest BCUT2D eigenvalue weighted by molar-refractivity contribution is 7.19. The van der Waals surface area contributed by atoms with Gasteiger partial charge in [-0.1, -0.05) is 0 Å². The van der Waals surface area contributed by atoms with Gasteiger partial charge in [0.15, 0.2) is 0 Å². The minimum absolute atomic E-state index is 0.560. The van der Waals surface area contributed by atoms with Crippen molar-refractivity contribution in [2.24, 2.45) is 0 Å². The lowest BCUT2D eigenvalue weighted by Gasteiger charge is -2.29. The van der Waals surface area contributed by atoms with E-state index in [9.17, 15) is 0 Å². The fourth-order valence-corrected chi connectivity index (χ4v) is 4.99. The molecule has 0 radical (unpaired) electrons. The molecule has 0 bridgehead atoms. The van der Waals surface area contributed by atoms with Crippen LogP contribution in [-0.2, 0) is 12.8 Å². The van der Waals surface area contributed by atoms with Crippen LogP contribution in [0.25, 0.3) is 10.2 Å². The highest BCUT2D eigenvalue weighted by Crippen LogP contribution is 2.39. The molecule has 2 heterocycles. The van der Waals surface area contributed by atoms with E-state index in [-0.39, 0.29) is 0 Å². The molecule has 1 fully saturated rings. The van der Waals surface area contributed by atoms with Gasteiger partial charge in [0.05, 0.1) is 5.39 Å². The quantitative estimate of drug-likeness (QED) is 0.914. The van der Waals surface area contributed by atoms with Gasteiger partial charge in [-0.3, -0.25) is 0 Å². The number of rotatable bonds is 3. The minimum Gasteiger partial charge on any atom is -0.367 e. The lowest BCUT2D eigenvalue weighted by molar-refractivity contribution is 0.371. The van der Waals surface area contributed by atoms with Crippen molar-refractivity contribution in [3.05, 3.63) is 16.8 Å². The van der Waals surface area contributed by atoms with Crippen molar-refractivity contribution in [2.45, 2.75) is 57.0 Å². The number of thiophene rings is 1. The molecule has 112 valence electrons. The van der Waals surface area contributed by atoms with Crippen molar-refractivity contribution >= 4 is 27.4 Å². The molecule has 5 heteroatoms. The Balaban J connectivity index is 1.59. The Morgan fingerprint density at radius 2 is 1.90 bits per heavy atom. The van der Waals surface area contributed by atoms with E-state index < -0.39 is 0 Å². The second-order valence-corrected chi connectivity index (χ2v) is 7.32. The normalized spacial score (nSPS) is 25.2. The summed E-state index contributed by atoms with van der Waals surface area (Å²) in [6.45, 7) is 0. The number of aromatic nitrogens is 2. The topological polar surface area (TPSA) is 49.8 Å². The Kier molecular flexibility index (Phi) is 3.55. The summed E-state index contributed by atoms with van der Waals surface area (Å²) >= 11 is 1.87. The fraction of sp³-hybridized carbons (Fsp3) is 0.625. The zero-order valence-electron chi connectivity index (χ0n) is 12.5. The summed E-state index contributed by atoms with van der Waals surface area (Å²) in [5.41, 5.74) is 1.52. The summed E-state index contributed by atoms with van der Waals surface area (Å²) in [5.74, 6) is 1.08. The van der Waals surface area contributed by atoms with Crippen molar-refractivity contribution in [3.63, 3.8) is 0 Å². The van der Waals surface area contributed by atoms with Gasteiger partial charge in [0.2, 0.25) is 0 Å². The maximum absolute atomic E-state index is 4.56. The first-order valence-electron chi connectivity index (χ1n) is 8.04. The van der Waals surface area contributed by atoms with Crippen molar-refractivity contribution in [2.75, 3.05) is 12.4 Å². The van der Waals surface area contributed by atoms with Gasteiger partial charge in [-0.25, -0.2) is 9.97 Å². The SMILES string of the molecule is CN[C@H]1CC[C@H](Nc2ncnc3sc4c(c23)CCC4)CC1. The Bertz CT molecular complexity index is 643. The monoisotopic (exact) mass is 302 g/mol. The summed E-state index contributed by atoms with van der Waals surface area (Å²) < 4.78 is 0. The third-order valence-electron chi connectivity index (χ3n) is 4.98. The molecule has 0 unspecified atom stereocenters. The van der Waals surface area contributed by atoms with Crippen LogP contribution in [0.2, 0.25) is 0 Å². The van der Waals surface area contributed by atoms with Gasteiger partial charge < -0.3 is 10.6 Å². The maximum atomic E-state index is 4.56. The van der Waals surface area contributed by atoms with Crippen LogP contribution >= 0.6 is 11.3 Å². The molecule has 1 saturated carbocycles. The van der Waals surface area contributed by atoms with Gasteiger partial charge in [-0.05, 0) is 57.6 Å². The molecule has 2 aromatic heterocycles. The Labute approximate surface area is 129 Å². The molecule has 4 rings (SSSR count). The molecule has 0 atom stereocenters. The lowest BCUT2D eigenvalue weighted by Crippen LogP contribution is -2.35. The third-order valence-corrected chi connectivity index (χ3v) is 6.18. The van der Waals surface area contributed by atoms with E-state index in [2.05, 4.69) is 27.6 Å². The van der Waals surface area contributed by atoms with Crippen molar-refractivity contribution in [3.8, 4) is 0 Å². The number of hydrogen-bond donors (Lipinski definition) is 2. The second-order valence-electron chi connectivity index (χ2n) is 6.24. The van der Waals surface area contributed by atoms with E-state index in [0.29, 0.717) is 12.1 Å². The van der Waals surface area contributed by atoms with Gasteiger partial charge in [-0.15, -0.1) is 11.3 Å². The van der Waals surface area contributed by atoms with Crippen LogP contribution in [0, 0.1) is 0 Å². The van der Waals surface area contributed by atoms with Crippen molar-refractivity contribution in [1.82, 2.24) is 15.3 Å². The Hall–Kier alpha value is -1.20. The third kappa shape index (κ3) is 2.42. The first-order valence-corrected chi connectivity index (χ1v) is 8.86. The van der Waals surface area contributed by atoms with E-state index in [4.69, 9.17) is 0 Å². The maximum Gasteiger partial charge on any atom is 0.138 e. The largest absolute Gasteiger partial charge is 0.367 e. The number of nitrogens with one attached hydrogen (secondary N) is 2. The number of fused-ring (bicyclic) bond motifs is 3. The summed E-state index contributed by atoms with van der Waals surface area (Å²) in [7, 11) is 2.07. The van der Waals surface area contributed by atoms with E-state index in [1.807, 2.05) is 11.3 Å².